The Bertz CT molecular complexity index is 832. The van der Waals surface area contributed by atoms with Crippen LogP contribution in [0.2, 0.25) is 0 Å². The average molecular weight is 420 g/mol. The van der Waals surface area contributed by atoms with E-state index in [9.17, 15) is 23.4 Å². The van der Waals surface area contributed by atoms with E-state index in [1.807, 2.05) is 4.98 Å². The Morgan fingerprint density at radius 3 is 2.60 bits per heavy atom. The third-order valence-corrected chi connectivity index (χ3v) is 4.49. The van der Waals surface area contributed by atoms with Crippen LogP contribution < -0.4 is 11.2 Å². The van der Waals surface area contributed by atoms with Gasteiger partial charge in [0.05, 0.1) is 6.61 Å². The highest BCUT2D eigenvalue weighted by Gasteiger charge is 2.49. The van der Waals surface area contributed by atoms with E-state index in [4.69, 9.17) is 30.9 Å². The van der Waals surface area contributed by atoms with Gasteiger partial charge >= 0.3 is 13.5 Å². The zero-order chi connectivity index (χ0) is 19.0. The molecule has 1 unspecified atom stereocenters. The van der Waals surface area contributed by atoms with Crippen molar-refractivity contribution in [3.63, 3.8) is 0 Å². The Balaban J connectivity index is 2.34. The second kappa shape index (κ2) is 7.47. The number of alkyl halides is 1. The van der Waals surface area contributed by atoms with Gasteiger partial charge in [-0.15, -0.1) is 0 Å². The molecule has 2 rings (SSSR count). The summed E-state index contributed by atoms with van der Waals surface area (Å²) in [5.74, 6) is 0. The fourth-order valence-corrected chi connectivity index (χ4v) is 3.50. The first-order valence-electron chi connectivity index (χ1n) is 6.67. The number of aromatic nitrogens is 2. The zero-order valence-corrected chi connectivity index (χ0v) is 15.2. The smallest absolute Gasteiger partial charge is 0.346 e. The van der Waals surface area contributed by atoms with Crippen molar-refractivity contribution < 1.29 is 37.4 Å². The van der Waals surface area contributed by atoms with Gasteiger partial charge in [0.2, 0.25) is 0 Å². The number of aromatic amines is 1. The number of H-pyrrole nitrogens is 1. The van der Waals surface area contributed by atoms with E-state index >= 15 is 0 Å². The lowest BCUT2D eigenvalue weighted by atomic mass is 10.1. The van der Waals surface area contributed by atoms with Crippen molar-refractivity contribution >= 4 is 26.1 Å². The molecular formula is C10H15FN2O9P2S. The first-order valence-corrected chi connectivity index (χ1v) is 11.3. The number of nitrogens with one attached hydrogen (secondary N) is 1. The third kappa shape index (κ3) is 5.61. The first-order chi connectivity index (χ1) is 11.4. The van der Waals surface area contributed by atoms with Crippen LogP contribution in [0.25, 0.3) is 0 Å². The molecule has 1 fully saturated rings. The molecule has 1 aliphatic heterocycles. The summed E-state index contributed by atoms with van der Waals surface area (Å²) in [7, 11) is -4.88. The molecule has 0 bridgehead atoms. The SMILES string of the molecule is CP(O)(=S)O[C@@H]1[C@H](F)[C@@H](COP(=O)(O)O)O[C@H]1n1ccc(=O)[nH]c1=O. The molecule has 1 aromatic heterocycles. The van der Waals surface area contributed by atoms with E-state index in [0.717, 1.165) is 23.5 Å². The molecule has 1 saturated heterocycles. The normalized spacial score (nSPS) is 29.5. The van der Waals surface area contributed by atoms with Crippen LogP contribution in [-0.4, -0.2) is 55.9 Å². The Morgan fingerprint density at radius 2 is 2.08 bits per heavy atom. The first kappa shape index (κ1) is 20.6. The van der Waals surface area contributed by atoms with Crippen LogP contribution in [0.1, 0.15) is 6.23 Å². The highest BCUT2D eigenvalue weighted by Crippen LogP contribution is 2.46. The largest absolute Gasteiger partial charge is 0.469 e. The Hall–Kier alpha value is -0.750. The molecule has 5 atom stereocenters. The van der Waals surface area contributed by atoms with Crippen LogP contribution in [0.5, 0.6) is 0 Å². The van der Waals surface area contributed by atoms with Gasteiger partial charge in [-0.2, -0.15) is 0 Å². The second-order valence-corrected chi connectivity index (χ2v) is 10.3. The van der Waals surface area contributed by atoms with E-state index in [-0.39, 0.29) is 0 Å². The minimum absolute atomic E-state index is 0.697. The monoisotopic (exact) mass is 420 g/mol. The lowest BCUT2D eigenvalue weighted by Gasteiger charge is -2.23. The average Bonchev–Trinajstić information content (AvgIpc) is 2.71. The van der Waals surface area contributed by atoms with Crippen molar-refractivity contribution in [2.45, 2.75) is 24.6 Å². The van der Waals surface area contributed by atoms with Gasteiger partial charge in [-0.3, -0.25) is 18.9 Å². The lowest BCUT2D eigenvalue weighted by Crippen LogP contribution is -2.37. The molecule has 1 aromatic rings. The maximum Gasteiger partial charge on any atom is 0.469 e. The van der Waals surface area contributed by atoms with Crippen molar-refractivity contribution in [1.29, 1.82) is 0 Å². The number of phosphoric ester groups is 1. The standard InChI is InChI=1S/C10H15FN2O9P2S/c1-23(16,25)22-8-7(11)5(4-20-24(17,18)19)21-9(8)13-3-2-6(14)12-10(13)15/h2-3,5,7-9H,4H2,1H3,(H,16,25)(H,12,14,15)(H2,17,18,19)/t5-,7-,8-,9-,23?/m1/s1. The lowest BCUT2D eigenvalue weighted by molar-refractivity contribution is -0.0489. The number of phosphoric acid groups is 1. The van der Waals surface area contributed by atoms with Crippen molar-refractivity contribution in [3.8, 4) is 0 Å². The fourth-order valence-electron chi connectivity index (χ4n) is 2.19. The number of hydrogen-bond acceptors (Lipinski definition) is 7. The molecule has 0 radical (unpaired) electrons. The van der Waals surface area contributed by atoms with E-state index in [1.165, 1.54) is 0 Å². The highest BCUT2D eigenvalue weighted by molar-refractivity contribution is 8.09. The molecule has 0 amide bonds. The van der Waals surface area contributed by atoms with Crippen LogP contribution in [0.15, 0.2) is 21.9 Å². The summed E-state index contributed by atoms with van der Waals surface area (Å²) in [5, 5.41) is 0. The molecule has 0 spiro atoms. The number of ether oxygens (including phenoxy) is 1. The van der Waals surface area contributed by atoms with Gasteiger partial charge in [-0.25, -0.2) is 13.8 Å². The van der Waals surface area contributed by atoms with E-state index in [0.29, 0.717) is 0 Å². The van der Waals surface area contributed by atoms with Gasteiger partial charge in [0.25, 0.3) is 5.56 Å². The third-order valence-electron chi connectivity index (χ3n) is 3.11. The topological polar surface area (TPSA) is 160 Å². The van der Waals surface area contributed by atoms with Crippen LogP contribution >= 0.6 is 14.3 Å². The molecule has 15 heteroatoms. The van der Waals surface area contributed by atoms with E-state index < -0.39 is 56.8 Å². The maximum absolute atomic E-state index is 14.6. The predicted molar refractivity (Wildman–Crippen MR) is 85.4 cm³/mol. The highest BCUT2D eigenvalue weighted by atomic mass is 32.5. The Labute approximate surface area is 144 Å². The number of hydrogen-bond donors (Lipinski definition) is 4. The minimum Gasteiger partial charge on any atom is -0.346 e. The van der Waals surface area contributed by atoms with Crippen LogP contribution in [0, 0.1) is 0 Å². The molecule has 2 heterocycles. The summed E-state index contributed by atoms with van der Waals surface area (Å²) < 4.78 is 40.8. The van der Waals surface area contributed by atoms with Gasteiger partial charge in [-0.05, 0) is 11.8 Å². The van der Waals surface area contributed by atoms with E-state index in [1.54, 1.807) is 0 Å². The van der Waals surface area contributed by atoms with Crippen molar-refractivity contribution in [2.24, 2.45) is 0 Å². The molecule has 4 N–H and O–H groups in total. The van der Waals surface area contributed by atoms with Crippen molar-refractivity contribution in [1.82, 2.24) is 9.55 Å². The summed E-state index contributed by atoms with van der Waals surface area (Å²) in [5.41, 5.74) is -1.63. The summed E-state index contributed by atoms with van der Waals surface area (Å²) in [6, 6.07) is 0.982. The minimum atomic E-state index is -4.88. The maximum atomic E-state index is 14.6. The summed E-state index contributed by atoms with van der Waals surface area (Å²) in [6.07, 6.45) is -5.51. The van der Waals surface area contributed by atoms with Gasteiger partial charge in [0.1, 0.15) is 12.2 Å². The molecular weight excluding hydrogens is 405 g/mol. The Kier molecular flexibility index (Phi) is 6.14. The quantitative estimate of drug-likeness (QED) is 0.429. The molecule has 0 aliphatic carbocycles. The molecule has 0 aromatic carbocycles. The van der Waals surface area contributed by atoms with Gasteiger partial charge < -0.3 is 23.9 Å². The molecule has 1 aliphatic rings. The van der Waals surface area contributed by atoms with Gasteiger partial charge in [-0.1, -0.05) is 0 Å². The summed E-state index contributed by atoms with van der Waals surface area (Å²) in [4.78, 5) is 52.1. The van der Waals surface area contributed by atoms with E-state index in [2.05, 4.69) is 4.52 Å². The van der Waals surface area contributed by atoms with Gasteiger partial charge in [0.15, 0.2) is 18.9 Å². The van der Waals surface area contributed by atoms with Crippen LogP contribution in [-0.2, 0) is 30.2 Å². The predicted octanol–water partition coefficient (Wildman–Crippen LogP) is -0.802. The Morgan fingerprint density at radius 1 is 1.44 bits per heavy atom. The fraction of sp³-hybridized carbons (Fsp3) is 0.600. The second-order valence-electron chi connectivity index (χ2n) is 5.19. The van der Waals surface area contributed by atoms with Gasteiger partial charge in [0, 0.05) is 18.9 Å². The van der Waals surface area contributed by atoms with Crippen molar-refractivity contribution in [3.05, 3.63) is 33.1 Å². The van der Waals surface area contributed by atoms with Crippen LogP contribution in [0.3, 0.4) is 0 Å². The molecule has 0 saturated carbocycles. The molecule has 11 nitrogen and oxygen atoms in total. The number of rotatable bonds is 6. The number of halogens is 1. The molecule has 25 heavy (non-hydrogen) atoms. The molecule has 142 valence electrons. The zero-order valence-electron chi connectivity index (χ0n) is 12.6. The van der Waals surface area contributed by atoms with Crippen LogP contribution in [0.4, 0.5) is 4.39 Å². The summed E-state index contributed by atoms with van der Waals surface area (Å²) in [6.45, 7) is -3.06. The van der Waals surface area contributed by atoms with Crippen molar-refractivity contribution in [2.75, 3.05) is 13.3 Å². The number of nitrogens with zero attached hydrogens (tertiary/aromatic N) is 1. The summed E-state index contributed by atoms with van der Waals surface area (Å²) >= 11 is 4.71.